The lowest BCUT2D eigenvalue weighted by molar-refractivity contribution is 0.198. The summed E-state index contributed by atoms with van der Waals surface area (Å²) in [7, 11) is 1.66. The van der Waals surface area contributed by atoms with E-state index in [4.69, 9.17) is 4.74 Å². The number of methoxy groups -OCH3 is 1. The summed E-state index contributed by atoms with van der Waals surface area (Å²) in [5.41, 5.74) is 3.26. The Labute approximate surface area is 163 Å². The molecule has 0 amide bonds. The first-order valence-electron chi connectivity index (χ1n) is 9.48. The number of halogens is 2. The van der Waals surface area contributed by atoms with Gasteiger partial charge in [-0.2, -0.15) is 5.10 Å². The van der Waals surface area contributed by atoms with Crippen molar-refractivity contribution in [1.82, 2.24) is 15.1 Å². The number of aromatic nitrogens is 2. The molecular formula is C22H23F2N3O. The number of rotatable bonds is 5. The molecule has 0 bridgehead atoms. The van der Waals surface area contributed by atoms with Gasteiger partial charge in [0.15, 0.2) is 0 Å². The maximum Gasteiger partial charge on any atom is 0.134 e. The van der Waals surface area contributed by atoms with Crippen molar-refractivity contribution in [2.75, 3.05) is 20.2 Å². The molecule has 0 aliphatic carbocycles. The first-order valence-corrected chi connectivity index (χ1v) is 9.48. The molecule has 1 fully saturated rings. The maximum atomic E-state index is 14.3. The van der Waals surface area contributed by atoms with Gasteiger partial charge in [0, 0.05) is 41.9 Å². The van der Waals surface area contributed by atoms with Crippen molar-refractivity contribution in [1.29, 1.82) is 0 Å². The van der Waals surface area contributed by atoms with E-state index in [9.17, 15) is 8.78 Å². The predicted octanol–water partition coefficient (Wildman–Crippen LogP) is 4.74. The highest BCUT2D eigenvalue weighted by molar-refractivity contribution is 5.66. The quantitative estimate of drug-likeness (QED) is 0.692. The fraction of sp³-hybridized carbons (Fsp3) is 0.318. The zero-order valence-corrected chi connectivity index (χ0v) is 15.8. The van der Waals surface area contributed by atoms with Crippen molar-refractivity contribution in [3.05, 3.63) is 71.6 Å². The molecule has 1 saturated heterocycles. The van der Waals surface area contributed by atoms with Crippen molar-refractivity contribution in [3.8, 4) is 16.9 Å². The SMILES string of the molecule is COc1ccc(CN2CCC[C@H](c3[nH]ncc3-c3ccc(F)cc3F)C2)cc1. The number of aromatic amines is 1. The van der Waals surface area contributed by atoms with Crippen LogP contribution in [0.25, 0.3) is 11.1 Å². The minimum atomic E-state index is -0.574. The number of nitrogens with zero attached hydrogens (tertiary/aromatic N) is 2. The van der Waals surface area contributed by atoms with Crippen LogP contribution in [0.4, 0.5) is 8.78 Å². The van der Waals surface area contributed by atoms with Crippen molar-refractivity contribution in [2.45, 2.75) is 25.3 Å². The highest BCUT2D eigenvalue weighted by Crippen LogP contribution is 2.34. The molecule has 1 aliphatic heterocycles. The van der Waals surface area contributed by atoms with E-state index in [1.807, 2.05) is 12.1 Å². The molecule has 6 heteroatoms. The fourth-order valence-electron chi connectivity index (χ4n) is 3.95. The van der Waals surface area contributed by atoms with Crippen LogP contribution in [0.15, 0.2) is 48.7 Å². The highest BCUT2D eigenvalue weighted by Gasteiger charge is 2.26. The molecule has 146 valence electrons. The molecule has 0 unspecified atom stereocenters. The van der Waals surface area contributed by atoms with Crippen molar-refractivity contribution >= 4 is 0 Å². The van der Waals surface area contributed by atoms with Gasteiger partial charge in [0.25, 0.3) is 0 Å². The van der Waals surface area contributed by atoms with Gasteiger partial charge in [0.1, 0.15) is 17.4 Å². The largest absolute Gasteiger partial charge is 0.497 e. The Morgan fingerprint density at radius 1 is 1.14 bits per heavy atom. The van der Waals surface area contributed by atoms with Crippen LogP contribution in [0.5, 0.6) is 5.75 Å². The molecule has 0 saturated carbocycles. The van der Waals surface area contributed by atoms with Crippen LogP contribution in [0, 0.1) is 11.6 Å². The lowest BCUT2D eigenvalue weighted by Crippen LogP contribution is -2.34. The molecule has 4 rings (SSSR count). The van der Waals surface area contributed by atoms with Crippen LogP contribution in [-0.2, 0) is 6.54 Å². The summed E-state index contributed by atoms with van der Waals surface area (Å²) in [6.07, 6.45) is 3.70. The third kappa shape index (κ3) is 3.92. The fourth-order valence-corrected chi connectivity index (χ4v) is 3.95. The van der Waals surface area contributed by atoms with Gasteiger partial charge in [-0.15, -0.1) is 0 Å². The molecule has 0 spiro atoms. The van der Waals surface area contributed by atoms with Crippen molar-refractivity contribution in [3.63, 3.8) is 0 Å². The number of likely N-dealkylation sites (tertiary alicyclic amines) is 1. The average molecular weight is 383 g/mol. The smallest absolute Gasteiger partial charge is 0.134 e. The number of piperidine rings is 1. The number of benzene rings is 2. The molecule has 0 radical (unpaired) electrons. The topological polar surface area (TPSA) is 41.1 Å². The molecule has 2 aromatic carbocycles. The Morgan fingerprint density at radius 2 is 1.96 bits per heavy atom. The summed E-state index contributed by atoms with van der Waals surface area (Å²) < 4.78 is 32.8. The molecule has 4 nitrogen and oxygen atoms in total. The van der Waals surface area contributed by atoms with Crippen LogP contribution in [0.1, 0.15) is 30.0 Å². The number of hydrogen-bond donors (Lipinski definition) is 1. The standard InChI is InChI=1S/C22H23F2N3O/c1-28-18-7-4-15(5-8-18)13-27-10-2-3-16(14-27)22-20(12-25-26-22)19-9-6-17(23)11-21(19)24/h4-9,11-12,16H,2-3,10,13-14H2,1H3,(H,25,26)/t16-/m0/s1. The monoisotopic (exact) mass is 383 g/mol. The van der Waals surface area contributed by atoms with Crippen molar-refractivity contribution < 1.29 is 13.5 Å². The van der Waals surface area contributed by atoms with E-state index in [0.717, 1.165) is 50.0 Å². The van der Waals surface area contributed by atoms with Gasteiger partial charge in [0.2, 0.25) is 0 Å². The minimum absolute atomic E-state index is 0.231. The van der Waals surface area contributed by atoms with E-state index < -0.39 is 11.6 Å². The first-order chi connectivity index (χ1) is 13.6. The highest BCUT2D eigenvalue weighted by atomic mass is 19.1. The zero-order chi connectivity index (χ0) is 19.5. The van der Waals surface area contributed by atoms with E-state index in [0.29, 0.717) is 11.1 Å². The predicted molar refractivity (Wildman–Crippen MR) is 104 cm³/mol. The van der Waals surface area contributed by atoms with E-state index in [2.05, 4.69) is 27.2 Å². The zero-order valence-electron chi connectivity index (χ0n) is 15.8. The number of H-pyrrole nitrogens is 1. The maximum absolute atomic E-state index is 14.3. The molecule has 1 N–H and O–H groups in total. The molecule has 1 aliphatic rings. The second kappa shape index (κ2) is 8.10. The summed E-state index contributed by atoms with van der Waals surface area (Å²) in [4.78, 5) is 2.40. The second-order valence-electron chi connectivity index (χ2n) is 7.24. The summed E-state index contributed by atoms with van der Waals surface area (Å²) in [5.74, 6) is -0.0548. The molecule has 3 aromatic rings. The Morgan fingerprint density at radius 3 is 2.71 bits per heavy atom. The number of nitrogens with one attached hydrogen (secondary N) is 1. The van der Waals surface area contributed by atoms with Crippen LogP contribution in [0.2, 0.25) is 0 Å². The normalized spacial score (nSPS) is 17.6. The van der Waals surface area contributed by atoms with Crippen LogP contribution in [0.3, 0.4) is 0 Å². The van der Waals surface area contributed by atoms with Gasteiger partial charge in [-0.1, -0.05) is 12.1 Å². The van der Waals surface area contributed by atoms with Crippen LogP contribution < -0.4 is 4.74 Å². The third-order valence-corrected chi connectivity index (χ3v) is 5.37. The third-order valence-electron chi connectivity index (χ3n) is 5.37. The Kier molecular flexibility index (Phi) is 5.39. The summed E-state index contributed by atoms with van der Waals surface area (Å²) in [6.45, 7) is 2.75. The van der Waals surface area contributed by atoms with E-state index in [1.165, 1.54) is 17.7 Å². The lowest BCUT2D eigenvalue weighted by atomic mass is 9.90. The average Bonchev–Trinajstić information content (AvgIpc) is 3.18. The lowest BCUT2D eigenvalue weighted by Gasteiger charge is -2.32. The van der Waals surface area contributed by atoms with Gasteiger partial charge in [-0.25, -0.2) is 8.78 Å². The van der Waals surface area contributed by atoms with Gasteiger partial charge in [-0.05, 0) is 49.2 Å². The van der Waals surface area contributed by atoms with E-state index in [1.54, 1.807) is 13.3 Å². The first kappa shape index (κ1) is 18.6. The van der Waals surface area contributed by atoms with E-state index >= 15 is 0 Å². The van der Waals surface area contributed by atoms with Gasteiger partial charge >= 0.3 is 0 Å². The van der Waals surface area contributed by atoms with Crippen LogP contribution >= 0.6 is 0 Å². The second-order valence-corrected chi connectivity index (χ2v) is 7.24. The Hall–Kier alpha value is -2.73. The molecule has 1 atom stereocenters. The van der Waals surface area contributed by atoms with Gasteiger partial charge < -0.3 is 4.74 Å². The molecule has 28 heavy (non-hydrogen) atoms. The minimum Gasteiger partial charge on any atom is -0.497 e. The summed E-state index contributed by atoms with van der Waals surface area (Å²) >= 11 is 0. The molecule has 1 aromatic heterocycles. The van der Waals surface area contributed by atoms with Crippen LogP contribution in [-0.4, -0.2) is 35.3 Å². The van der Waals surface area contributed by atoms with E-state index in [-0.39, 0.29) is 5.92 Å². The van der Waals surface area contributed by atoms with Gasteiger partial charge in [-0.3, -0.25) is 10.00 Å². The molecular weight excluding hydrogens is 360 g/mol. The van der Waals surface area contributed by atoms with Crippen molar-refractivity contribution in [2.24, 2.45) is 0 Å². The summed E-state index contributed by atoms with van der Waals surface area (Å²) in [6, 6.07) is 11.8. The number of ether oxygens (including phenoxy) is 1. The molecule has 2 heterocycles. The van der Waals surface area contributed by atoms with Gasteiger partial charge in [0.05, 0.1) is 13.3 Å². The number of hydrogen-bond acceptors (Lipinski definition) is 3. The summed E-state index contributed by atoms with van der Waals surface area (Å²) in [5, 5.41) is 7.21. The Balaban J connectivity index is 1.51. The Bertz CT molecular complexity index is 939.